The maximum atomic E-state index is 12.4. The average molecular weight is 241 g/mol. The summed E-state index contributed by atoms with van der Waals surface area (Å²) in [5, 5.41) is 0. The summed E-state index contributed by atoms with van der Waals surface area (Å²) in [6.45, 7) is 7.89. The molecule has 0 radical (unpaired) electrons. The van der Waals surface area contributed by atoms with Gasteiger partial charge in [0.15, 0.2) is 0 Å². The van der Waals surface area contributed by atoms with E-state index in [-0.39, 0.29) is 11.5 Å². The van der Waals surface area contributed by atoms with Crippen molar-refractivity contribution in [2.75, 3.05) is 20.3 Å². The quantitative estimate of drug-likeness (QED) is 0.715. The molecular formula is C14H27NO2. The lowest BCUT2D eigenvalue weighted by Gasteiger charge is -2.39. The Morgan fingerprint density at radius 1 is 1.47 bits per heavy atom. The highest BCUT2D eigenvalue weighted by Gasteiger charge is 2.43. The third kappa shape index (κ3) is 3.01. The molecule has 0 N–H and O–H groups in total. The minimum atomic E-state index is -0.0238. The fourth-order valence-corrected chi connectivity index (χ4v) is 2.94. The van der Waals surface area contributed by atoms with Gasteiger partial charge in [-0.3, -0.25) is 4.79 Å². The summed E-state index contributed by atoms with van der Waals surface area (Å²) in [5.41, 5.74) is -0.0238. The molecule has 1 aliphatic rings. The Labute approximate surface area is 106 Å². The zero-order valence-electron chi connectivity index (χ0n) is 11.8. The average Bonchev–Trinajstić information content (AvgIpc) is 2.72. The second kappa shape index (κ2) is 6.39. The van der Waals surface area contributed by atoms with E-state index in [1.165, 1.54) is 0 Å². The first-order chi connectivity index (χ1) is 8.11. The summed E-state index contributed by atoms with van der Waals surface area (Å²) in [6, 6.07) is 0. The Balaban J connectivity index is 2.83. The highest BCUT2D eigenvalue weighted by atomic mass is 16.5. The van der Waals surface area contributed by atoms with Gasteiger partial charge in [-0.1, -0.05) is 27.2 Å². The van der Waals surface area contributed by atoms with Gasteiger partial charge in [0, 0.05) is 19.6 Å². The molecule has 0 aromatic rings. The van der Waals surface area contributed by atoms with Crippen LogP contribution in [0.3, 0.4) is 0 Å². The van der Waals surface area contributed by atoms with Gasteiger partial charge < -0.3 is 9.64 Å². The number of ether oxygens (including phenoxy) is 1. The Bertz CT molecular complexity index is 247. The third-order valence-electron chi connectivity index (χ3n) is 4.02. The fraction of sp³-hybridized carbons (Fsp3) is 0.929. The summed E-state index contributed by atoms with van der Waals surface area (Å²) in [7, 11) is 1.74. The van der Waals surface area contributed by atoms with Crippen LogP contribution in [0.4, 0.5) is 0 Å². The Morgan fingerprint density at radius 3 is 2.71 bits per heavy atom. The van der Waals surface area contributed by atoms with E-state index >= 15 is 0 Å². The van der Waals surface area contributed by atoms with Gasteiger partial charge >= 0.3 is 0 Å². The van der Waals surface area contributed by atoms with Crippen LogP contribution in [-0.4, -0.2) is 36.6 Å². The van der Waals surface area contributed by atoms with Gasteiger partial charge in [-0.15, -0.1) is 0 Å². The van der Waals surface area contributed by atoms with E-state index in [1.807, 2.05) is 6.92 Å². The van der Waals surface area contributed by atoms with Crippen LogP contribution < -0.4 is 0 Å². The first-order valence-corrected chi connectivity index (χ1v) is 6.91. The van der Waals surface area contributed by atoms with Crippen LogP contribution in [-0.2, 0) is 9.53 Å². The molecule has 0 spiro atoms. The minimum absolute atomic E-state index is 0.0238. The van der Waals surface area contributed by atoms with Crippen molar-refractivity contribution in [2.24, 2.45) is 5.92 Å². The Hall–Kier alpha value is -0.570. The number of hydrogen-bond donors (Lipinski definition) is 0. The SMILES string of the molecule is CCC[C@@]1(COC)CCCN1C(=O)[C@H](C)CC. The smallest absolute Gasteiger partial charge is 0.225 e. The third-order valence-corrected chi connectivity index (χ3v) is 4.02. The zero-order valence-corrected chi connectivity index (χ0v) is 11.8. The number of carbonyl (C=O) groups is 1. The number of amides is 1. The number of hydrogen-bond acceptors (Lipinski definition) is 2. The molecule has 2 atom stereocenters. The van der Waals surface area contributed by atoms with Gasteiger partial charge in [-0.05, 0) is 25.7 Å². The maximum Gasteiger partial charge on any atom is 0.225 e. The Morgan fingerprint density at radius 2 is 2.18 bits per heavy atom. The lowest BCUT2D eigenvalue weighted by Crippen LogP contribution is -2.51. The van der Waals surface area contributed by atoms with Gasteiger partial charge in [0.1, 0.15) is 0 Å². The van der Waals surface area contributed by atoms with E-state index in [0.717, 1.165) is 38.6 Å². The topological polar surface area (TPSA) is 29.5 Å². The van der Waals surface area contributed by atoms with Crippen LogP contribution in [0.25, 0.3) is 0 Å². The standard InChI is InChI=1S/C14H27NO2/c1-5-8-14(11-17-4)9-7-10-15(14)13(16)12(3)6-2/h12H,5-11H2,1-4H3/t12-,14+/m1/s1. The maximum absolute atomic E-state index is 12.4. The van der Waals surface area contributed by atoms with Crippen molar-refractivity contribution in [3.05, 3.63) is 0 Å². The van der Waals surface area contributed by atoms with E-state index in [1.54, 1.807) is 7.11 Å². The molecule has 0 bridgehead atoms. The Kier molecular flexibility index (Phi) is 5.44. The molecule has 3 nitrogen and oxygen atoms in total. The van der Waals surface area contributed by atoms with Crippen molar-refractivity contribution in [1.82, 2.24) is 4.90 Å². The van der Waals surface area contributed by atoms with Crippen molar-refractivity contribution in [3.8, 4) is 0 Å². The van der Waals surface area contributed by atoms with E-state index in [0.29, 0.717) is 12.5 Å². The van der Waals surface area contributed by atoms with Crippen LogP contribution in [0, 0.1) is 5.92 Å². The van der Waals surface area contributed by atoms with Crippen molar-refractivity contribution in [1.29, 1.82) is 0 Å². The van der Waals surface area contributed by atoms with Gasteiger partial charge in [-0.25, -0.2) is 0 Å². The summed E-state index contributed by atoms with van der Waals surface area (Å²) >= 11 is 0. The minimum Gasteiger partial charge on any atom is -0.382 e. The summed E-state index contributed by atoms with van der Waals surface area (Å²) in [5.74, 6) is 0.455. The largest absolute Gasteiger partial charge is 0.382 e. The second-order valence-electron chi connectivity index (χ2n) is 5.31. The van der Waals surface area contributed by atoms with Crippen LogP contribution in [0.2, 0.25) is 0 Å². The van der Waals surface area contributed by atoms with Gasteiger partial charge in [0.25, 0.3) is 0 Å². The normalized spacial score (nSPS) is 26.2. The van der Waals surface area contributed by atoms with Gasteiger partial charge in [0.05, 0.1) is 12.1 Å². The van der Waals surface area contributed by atoms with E-state index in [9.17, 15) is 4.79 Å². The monoisotopic (exact) mass is 241 g/mol. The zero-order chi connectivity index (χ0) is 12.9. The summed E-state index contributed by atoms with van der Waals surface area (Å²) < 4.78 is 5.38. The molecule has 100 valence electrons. The molecule has 0 aromatic carbocycles. The first-order valence-electron chi connectivity index (χ1n) is 6.91. The van der Waals surface area contributed by atoms with Gasteiger partial charge in [-0.2, -0.15) is 0 Å². The predicted octanol–water partition coefficient (Wildman–Crippen LogP) is 2.84. The molecule has 0 unspecified atom stereocenters. The molecule has 0 aliphatic carbocycles. The number of nitrogens with zero attached hydrogens (tertiary/aromatic N) is 1. The lowest BCUT2D eigenvalue weighted by atomic mass is 9.90. The number of methoxy groups -OCH3 is 1. The molecule has 0 saturated carbocycles. The molecule has 1 rings (SSSR count). The predicted molar refractivity (Wildman–Crippen MR) is 69.9 cm³/mol. The van der Waals surface area contributed by atoms with Crippen molar-refractivity contribution in [2.45, 2.75) is 58.4 Å². The van der Waals surface area contributed by atoms with E-state index < -0.39 is 0 Å². The van der Waals surface area contributed by atoms with Crippen molar-refractivity contribution >= 4 is 5.91 Å². The number of likely N-dealkylation sites (tertiary alicyclic amines) is 1. The first kappa shape index (κ1) is 14.5. The summed E-state index contributed by atoms with van der Waals surface area (Å²) in [6.07, 6.45) is 5.30. The molecule has 3 heteroatoms. The summed E-state index contributed by atoms with van der Waals surface area (Å²) in [4.78, 5) is 14.5. The second-order valence-corrected chi connectivity index (χ2v) is 5.31. The molecule has 0 aromatic heterocycles. The van der Waals surface area contributed by atoms with E-state index in [4.69, 9.17) is 4.74 Å². The van der Waals surface area contributed by atoms with Crippen LogP contribution in [0.1, 0.15) is 52.9 Å². The molecular weight excluding hydrogens is 214 g/mol. The molecule has 1 fully saturated rings. The molecule has 1 aliphatic heterocycles. The fourth-order valence-electron chi connectivity index (χ4n) is 2.94. The number of carbonyl (C=O) groups excluding carboxylic acids is 1. The molecule has 1 amide bonds. The van der Waals surface area contributed by atoms with Crippen molar-refractivity contribution < 1.29 is 9.53 Å². The molecule has 1 saturated heterocycles. The highest BCUT2D eigenvalue weighted by Crippen LogP contribution is 2.35. The van der Waals surface area contributed by atoms with Crippen molar-refractivity contribution in [3.63, 3.8) is 0 Å². The van der Waals surface area contributed by atoms with Crippen LogP contribution in [0.5, 0.6) is 0 Å². The van der Waals surface area contributed by atoms with Gasteiger partial charge in [0.2, 0.25) is 5.91 Å². The highest BCUT2D eigenvalue weighted by molar-refractivity contribution is 5.79. The lowest BCUT2D eigenvalue weighted by molar-refractivity contribution is -0.141. The van der Waals surface area contributed by atoms with E-state index in [2.05, 4.69) is 18.7 Å². The molecule has 1 heterocycles. The molecule has 17 heavy (non-hydrogen) atoms. The number of rotatable bonds is 6. The van der Waals surface area contributed by atoms with Crippen LogP contribution in [0.15, 0.2) is 0 Å². The van der Waals surface area contributed by atoms with Crippen LogP contribution >= 0.6 is 0 Å².